The van der Waals surface area contributed by atoms with Crippen LogP contribution in [0, 0.1) is 6.92 Å². The number of hydrogen-bond donors (Lipinski definition) is 1. The molecule has 2 aromatic rings. The fourth-order valence-corrected chi connectivity index (χ4v) is 2.90. The van der Waals surface area contributed by atoms with E-state index in [1.807, 2.05) is 19.1 Å². The van der Waals surface area contributed by atoms with Crippen LogP contribution in [0.2, 0.25) is 5.02 Å². The molecular weight excluding hydrogens is 276 g/mol. The first kappa shape index (κ1) is 14.5. The molecule has 0 aliphatic heterocycles. The summed E-state index contributed by atoms with van der Waals surface area (Å²) in [4.78, 5) is 4.70. The van der Waals surface area contributed by atoms with Crippen molar-refractivity contribution in [3.63, 3.8) is 0 Å². The van der Waals surface area contributed by atoms with Crippen LogP contribution in [0.1, 0.15) is 37.6 Å². The molecule has 1 unspecified atom stereocenters. The average Bonchev–Trinajstić information content (AvgIpc) is 2.89. The number of benzene rings is 1. The zero-order valence-electron chi connectivity index (χ0n) is 11.5. The van der Waals surface area contributed by atoms with Crippen LogP contribution in [0.5, 0.6) is 0 Å². The molecule has 1 N–H and O–H groups in total. The number of aromatic nitrogens is 1. The first-order valence-electron chi connectivity index (χ1n) is 6.57. The van der Waals surface area contributed by atoms with Gasteiger partial charge in [0.25, 0.3) is 0 Å². The molecule has 0 aliphatic carbocycles. The zero-order chi connectivity index (χ0) is 13.8. The van der Waals surface area contributed by atoms with Gasteiger partial charge >= 0.3 is 0 Å². The van der Waals surface area contributed by atoms with Crippen LogP contribution in [0.25, 0.3) is 10.6 Å². The van der Waals surface area contributed by atoms with Crippen LogP contribution in [-0.2, 0) is 0 Å². The van der Waals surface area contributed by atoms with Gasteiger partial charge < -0.3 is 5.32 Å². The highest BCUT2D eigenvalue weighted by Gasteiger charge is 2.11. The van der Waals surface area contributed by atoms with Crippen molar-refractivity contribution in [3.8, 4) is 10.6 Å². The first-order chi connectivity index (χ1) is 9.11. The molecule has 0 saturated carbocycles. The second-order valence-corrected chi connectivity index (χ2v) is 5.98. The van der Waals surface area contributed by atoms with E-state index in [2.05, 4.69) is 30.6 Å². The van der Waals surface area contributed by atoms with Crippen LogP contribution in [0.3, 0.4) is 0 Å². The Morgan fingerprint density at radius 2 is 2.21 bits per heavy atom. The van der Waals surface area contributed by atoms with Gasteiger partial charge in [-0.15, -0.1) is 11.3 Å². The molecule has 0 aliphatic rings. The summed E-state index contributed by atoms with van der Waals surface area (Å²) < 4.78 is 0. The molecule has 0 radical (unpaired) electrons. The largest absolute Gasteiger partial charge is 0.309 e. The molecular formula is C15H19ClN2S. The number of hydrogen-bond acceptors (Lipinski definition) is 3. The summed E-state index contributed by atoms with van der Waals surface area (Å²) in [5, 5.41) is 7.40. The minimum absolute atomic E-state index is 0.297. The number of nitrogens with one attached hydrogen (secondary N) is 1. The van der Waals surface area contributed by atoms with Gasteiger partial charge in [0.1, 0.15) is 5.01 Å². The van der Waals surface area contributed by atoms with Gasteiger partial charge in [-0.1, -0.05) is 30.7 Å². The highest BCUT2D eigenvalue weighted by molar-refractivity contribution is 7.13. The van der Waals surface area contributed by atoms with Crippen molar-refractivity contribution in [2.24, 2.45) is 0 Å². The molecule has 0 fully saturated rings. The number of nitrogens with zero attached hydrogens (tertiary/aromatic N) is 1. The molecule has 1 heterocycles. The van der Waals surface area contributed by atoms with E-state index in [0.29, 0.717) is 6.04 Å². The first-order valence-corrected chi connectivity index (χ1v) is 7.83. The van der Waals surface area contributed by atoms with Crippen LogP contribution >= 0.6 is 22.9 Å². The number of aryl methyl sites for hydroxylation is 1. The van der Waals surface area contributed by atoms with E-state index >= 15 is 0 Å². The van der Waals surface area contributed by atoms with E-state index in [1.165, 1.54) is 0 Å². The Morgan fingerprint density at radius 1 is 1.42 bits per heavy atom. The lowest BCUT2D eigenvalue weighted by atomic mass is 10.1. The van der Waals surface area contributed by atoms with Gasteiger partial charge in [-0.3, -0.25) is 0 Å². The number of thiazole rings is 1. The fraction of sp³-hybridized carbons (Fsp3) is 0.400. The minimum atomic E-state index is 0.297. The van der Waals surface area contributed by atoms with Gasteiger partial charge in [0.15, 0.2) is 0 Å². The smallest absolute Gasteiger partial charge is 0.123 e. The predicted molar refractivity (Wildman–Crippen MR) is 84.0 cm³/mol. The number of halogens is 1. The van der Waals surface area contributed by atoms with Crippen LogP contribution in [0.15, 0.2) is 23.6 Å². The third kappa shape index (κ3) is 3.56. The van der Waals surface area contributed by atoms with Gasteiger partial charge in [0, 0.05) is 22.0 Å². The van der Waals surface area contributed by atoms with Crippen LogP contribution in [-0.4, -0.2) is 11.5 Å². The topological polar surface area (TPSA) is 24.9 Å². The summed E-state index contributed by atoms with van der Waals surface area (Å²) in [6.45, 7) is 7.34. The molecule has 0 bridgehead atoms. The molecule has 0 saturated heterocycles. The highest BCUT2D eigenvalue weighted by Crippen LogP contribution is 2.29. The monoisotopic (exact) mass is 294 g/mol. The standard InChI is InChI=1S/C15H19ClN2S/c1-4-7-17-11(3)14-9-19-15(18-14)12-6-5-10(2)13(16)8-12/h5-6,8-9,11,17H,4,7H2,1-3H3. The van der Waals surface area contributed by atoms with E-state index in [1.54, 1.807) is 11.3 Å². The second-order valence-electron chi connectivity index (χ2n) is 4.72. The Hall–Kier alpha value is -0.900. The second kappa shape index (κ2) is 6.51. The summed E-state index contributed by atoms with van der Waals surface area (Å²) in [7, 11) is 0. The molecule has 19 heavy (non-hydrogen) atoms. The third-order valence-electron chi connectivity index (χ3n) is 3.08. The molecule has 2 nitrogen and oxygen atoms in total. The summed E-state index contributed by atoms with van der Waals surface area (Å²) in [6.07, 6.45) is 1.13. The summed E-state index contributed by atoms with van der Waals surface area (Å²) in [5.74, 6) is 0. The van der Waals surface area contributed by atoms with E-state index < -0.39 is 0 Å². The maximum Gasteiger partial charge on any atom is 0.123 e. The molecule has 1 atom stereocenters. The van der Waals surface area contributed by atoms with Crippen molar-refractivity contribution in [2.75, 3.05) is 6.54 Å². The Bertz CT molecular complexity index is 551. The summed E-state index contributed by atoms with van der Waals surface area (Å²) in [6, 6.07) is 6.40. The summed E-state index contributed by atoms with van der Waals surface area (Å²) in [5.41, 5.74) is 3.29. The Labute approximate surface area is 123 Å². The van der Waals surface area contributed by atoms with E-state index in [-0.39, 0.29) is 0 Å². The molecule has 4 heteroatoms. The van der Waals surface area contributed by atoms with Crippen molar-refractivity contribution < 1.29 is 0 Å². The molecule has 2 rings (SSSR count). The molecule has 1 aromatic carbocycles. The minimum Gasteiger partial charge on any atom is -0.309 e. The average molecular weight is 295 g/mol. The Morgan fingerprint density at radius 3 is 2.89 bits per heavy atom. The summed E-state index contributed by atoms with van der Waals surface area (Å²) >= 11 is 7.84. The lowest BCUT2D eigenvalue weighted by Gasteiger charge is -2.09. The molecule has 1 aromatic heterocycles. The van der Waals surface area contributed by atoms with E-state index in [9.17, 15) is 0 Å². The Kier molecular flexibility index (Phi) is 4.97. The van der Waals surface area contributed by atoms with Crippen molar-refractivity contribution in [1.29, 1.82) is 0 Å². The SMILES string of the molecule is CCCNC(C)c1csc(-c2ccc(C)c(Cl)c2)n1. The van der Waals surface area contributed by atoms with Gasteiger partial charge in [-0.05, 0) is 38.4 Å². The number of rotatable bonds is 5. The maximum atomic E-state index is 6.17. The molecule has 102 valence electrons. The van der Waals surface area contributed by atoms with Crippen molar-refractivity contribution >= 4 is 22.9 Å². The van der Waals surface area contributed by atoms with Gasteiger partial charge in [0.05, 0.1) is 5.69 Å². The fourth-order valence-electron chi connectivity index (χ4n) is 1.81. The van der Waals surface area contributed by atoms with Crippen molar-refractivity contribution in [2.45, 2.75) is 33.2 Å². The predicted octanol–water partition coefficient (Wildman–Crippen LogP) is 4.83. The third-order valence-corrected chi connectivity index (χ3v) is 4.40. The van der Waals surface area contributed by atoms with E-state index in [4.69, 9.17) is 16.6 Å². The van der Waals surface area contributed by atoms with Crippen LogP contribution < -0.4 is 5.32 Å². The molecule has 0 spiro atoms. The van der Waals surface area contributed by atoms with Gasteiger partial charge in [-0.25, -0.2) is 4.98 Å². The Balaban J connectivity index is 2.18. The quantitative estimate of drug-likeness (QED) is 0.854. The van der Waals surface area contributed by atoms with Gasteiger partial charge in [0.2, 0.25) is 0 Å². The normalized spacial score (nSPS) is 12.6. The van der Waals surface area contributed by atoms with Crippen molar-refractivity contribution in [1.82, 2.24) is 10.3 Å². The maximum absolute atomic E-state index is 6.17. The van der Waals surface area contributed by atoms with E-state index in [0.717, 1.165) is 39.8 Å². The van der Waals surface area contributed by atoms with Gasteiger partial charge in [-0.2, -0.15) is 0 Å². The zero-order valence-corrected chi connectivity index (χ0v) is 13.1. The lowest BCUT2D eigenvalue weighted by Crippen LogP contribution is -2.19. The lowest BCUT2D eigenvalue weighted by molar-refractivity contribution is 0.561. The van der Waals surface area contributed by atoms with Crippen LogP contribution in [0.4, 0.5) is 0 Å². The highest BCUT2D eigenvalue weighted by atomic mass is 35.5. The van der Waals surface area contributed by atoms with Crippen molar-refractivity contribution in [3.05, 3.63) is 39.9 Å². The molecule has 0 amide bonds.